The summed E-state index contributed by atoms with van der Waals surface area (Å²) in [4.78, 5) is 11.1. The van der Waals surface area contributed by atoms with E-state index in [0.717, 1.165) is 30.5 Å². The van der Waals surface area contributed by atoms with Crippen molar-refractivity contribution in [2.24, 2.45) is 0 Å². The van der Waals surface area contributed by atoms with Crippen LogP contribution in [0.1, 0.15) is 34.8 Å². The predicted molar refractivity (Wildman–Crippen MR) is 64.6 cm³/mol. The fourth-order valence-corrected chi connectivity index (χ4v) is 2.24. The van der Waals surface area contributed by atoms with Gasteiger partial charge in [-0.15, -0.1) is 0 Å². The zero-order valence-electron chi connectivity index (χ0n) is 10.1. The molecular formula is C13H17NO3. The van der Waals surface area contributed by atoms with Crippen LogP contribution in [-0.2, 0) is 13.0 Å². The maximum Gasteiger partial charge on any atom is 0.339 e. The predicted octanol–water partition coefficient (Wildman–Crippen LogP) is 1.82. The smallest absolute Gasteiger partial charge is 0.339 e. The fraction of sp³-hybridized carbons (Fsp3) is 0.462. The third-order valence-corrected chi connectivity index (χ3v) is 3.29. The molecule has 4 heteroatoms. The number of hydrogen-bond acceptors (Lipinski definition) is 3. The van der Waals surface area contributed by atoms with Gasteiger partial charge in [-0.3, -0.25) is 0 Å². The molecule has 0 saturated heterocycles. The topological polar surface area (TPSA) is 58.6 Å². The molecule has 2 rings (SSSR count). The summed E-state index contributed by atoms with van der Waals surface area (Å²) in [6.45, 7) is 2.91. The number of benzene rings is 1. The summed E-state index contributed by atoms with van der Waals surface area (Å²) in [6, 6.07) is 4.02. The van der Waals surface area contributed by atoms with Crippen LogP contribution < -0.4 is 10.1 Å². The Labute approximate surface area is 101 Å². The minimum absolute atomic E-state index is 0.253. The number of carboxylic acid groups (broad SMARTS) is 1. The van der Waals surface area contributed by atoms with Crippen molar-refractivity contribution in [2.75, 3.05) is 7.11 Å². The van der Waals surface area contributed by atoms with Gasteiger partial charge in [0.25, 0.3) is 0 Å². The van der Waals surface area contributed by atoms with Gasteiger partial charge in [-0.25, -0.2) is 4.79 Å². The molecule has 0 spiro atoms. The number of fused-ring (bicyclic) bond motifs is 1. The Morgan fingerprint density at radius 3 is 2.88 bits per heavy atom. The van der Waals surface area contributed by atoms with Crippen LogP contribution in [-0.4, -0.2) is 24.2 Å². The first-order valence-corrected chi connectivity index (χ1v) is 5.82. The van der Waals surface area contributed by atoms with Crippen LogP contribution in [0.15, 0.2) is 12.1 Å². The van der Waals surface area contributed by atoms with E-state index in [-0.39, 0.29) is 5.56 Å². The lowest BCUT2D eigenvalue weighted by molar-refractivity contribution is 0.0693. The molecule has 0 fully saturated rings. The molecule has 1 unspecified atom stereocenters. The molecular weight excluding hydrogens is 218 g/mol. The lowest BCUT2D eigenvalue weighted by Gasteiger charge is -2.26. The normalized spacial score (nSPS) is 18.6. The zero-order valence-corrected chi connectivity index (χ0v) is 10.1. The van der Waals surface area contributed by atoms with Gasteiger partial charge in [0.2, 0.25) is 0 Å². The summed E-state index contributed by atoms with van der Waals surface area (Å²) < 4.78 is 5.12. The molecule has 17 heavy (non-hydrogen) atoms. The van der Waals surface area contributed by atoms with E-state index in [9.17, 15) is 4.79 Å². The van der Waals surface area contributed by atoms with Crippen LogP contribution in [0.5, 0.6) is 5.75 Å². The molecule has 0 saturated carbocycles. The maximum atomic E-state index is 11.1. The Kier molecular flexibility index (Phi) is 3.33. The number of methoxy groups -OCH3 is 1. The van der Waals surface area contributed by atoms with E-state index in [4.69, 9.17) is 9.84 Å². The lowest BCUT2D eigenvalue weighted by Crippen LogP contribution is -2.35. The summed E-state index contributed by atoms with van der Waals surface area (Å²) >= 11 is 0. The second kappa shape index (κ2) is 4.75. The third kappa shape index (κ3) is 2.26. The standard InChI is InChI=1S/C13H17NO3/c1-3-10-4-8-5-11(13(15)16)12(17-2)6-9(8)7-14-10/h5-6,10,14H,3-4,7H2,1-2H3,(H,15,16). The van der Waals surface area contributed by atoms with Gasteiger partial charge in [0.05, 0.1) is 7.11 Å². The van der Waals surface area contributed by atoms with E-state index in [1.807, 2.05) is 6.07 Å². The maximum absolute atomic E-state index is 11.1. The summed E-state index contributed by atoms with van der Waals surface area (Å²) in [5.41, 5.74) is 2.51. The Balaban J connectivity index is 2.41. The number of carbonyl (C=O) groups is 1. The molecule has 0 aliphatic carbocycles. The van der Waals surface area contributed by atoms with Crippen LogP contribution in [0.2, 0.25) is 0 Å². The van der Waals surface area contributed by atoms with E-state index in [1.165, 1.54) is 7.11 Å². The van der Waals surface area contributed by atoms with E-state index in [0.29, 0.717) is 11.8 Å². The molecule has 1 aromatic rings. The van der Waals surface area contributed by atoms with E-state index in [1.54, 1.807) is 6.07 Å². The monoisotopic (exact) mass is 235 g/mol. The summed E-state index contributed by atoms with van der Waals surface area (Å²) in [6.07, 6.45) is 1.93. The Bertz CT molecular complexity index is 443. The van der Waals surface area contributed by atoms with Crippen LogP contribution in [0.4, 0.5) is 0 Å². The van der Waals surface area contributed by atoms with Crippen molar-refractivity contribution in [3.8, 4) is 5.75 Å². The molecule has 4 nitrogen and oxygen atoms in total. The minimum atomic E-state index is -0.934. The number of ether oxygens (including phenoxy) is 1. The molecule has 0 amide bonds. The fourth-order valence-electron chi connectivity index (χ4n) is 2.24. The van der Waals surface area contributed by atoms with Crippen molar-refractivity contribution in [3.05, 3.63) is 28.8 Å². The average molecular weight is 235 g/mol. The molecule has 0 radical (unpaired) electrons. The van der Waals surface area contributed by atoms with Gasteiger partial charge >= 0.3 is 5.97 Å². The first-order valence-electron chi connectivity index (χ1n) is 5.82. The second-order valence-electron chi connectivity index (χ2n) is 4.32. The molecule has 1 atom stereocenters. The summed E-state index contributed by atoms with van der Waals surface area (Å²) in [5.74, 6) is -0.496. The van der Waals surface area contributed by atoms with E-state index in [2.05, 4.69) is 12.2 Å². The highest BCUT2D eigenvalue weighted by molar-refractivity contribution is 5.91. The highest BCUT2D eigenvalue weighted by Crippen LogP contribution is 2.27. The summed E-state index contributed by atoms with van der Waals surface area (Å²) in [7, 11) is 1.50. The van der Waals surface area contributed by atoms with Crippen molar-refractivity contribution >= 4 is 5.97 Å². The molecule has 1 heterocycles. The van der Waals surface area contributed by atoms with Crippen molar-refractivity contribution in [1.29, 1.82) is 0 Å². The first kappa shape index (κ1) is 11.9. The van der Waals surface area contributed by atoms with Gasteiger partial charge in [-0.05, 0) is 36.1 Å². The van der Waals surface area contributed by atoms with Crippen molar-refractivity contribution in [3.63, 3.8) is 0 Å². The number of nitrogens with one attached hydrogen (secondary N) is 1. The highest BCUT2D eigenvalue weighted by atomic mass is 16.5. The lowest BCUT2D eigenvalue weighted by atomic mass is 9.92. The van der Waals surface area contributed by atoms with Crippen LogP contribution >= 0.6 is 0 Å². The quantitative estimate of drug-likeness (QED) is 0.839. The molecule has 1 aliphatic heterocycles. The first-order chi connectivity index (χ1) is 8.15. The zero-order chi connectivity index (χ0) is 12.4. The van der Waals surface area contributed by atoms with Gasteiger partial charge in [0.1, 0.15) is 11.3 Å². The number of carboxylic acids is 1. The molecule has 92 valence electrons. The van der Waals surface area contributed by atoms with Crippen LogP contribution in [0, 0.1) is 0 Å². The van der Waals surface area contributed by atoms with Gasteiger partial charge < -0.3 is 15.2 Å². The van der Waals surface area contributed by atoms with Crippen LogP contribution in [0.3, 0.4) is 0 Å². The van der Waals surface area contributed by atoms with Crippen molar-refractivity contribution in [1.82, 2.24) is 5.32 Å². The number of aromatic carboxylic acids is 1. The van der Waals surface area contributed by atoms with Crippen LogP contribution in [0.25, 0.3) is 0 Å². The SMILES string of the molecule is CCC1Cc2cc(C(=O)O)c(OC)cc2CN1. The van der Waals surface area contributed by atoms with Crippen molar-refractivity contribution in [2.45, 2.75) is 32.4 Å². The molecule has 1 aliphatic rings. The minimum Gasteiger partial charge on any atom is -0.496 e. The third-order valence-electron chi connectivity index (χ3n) is 3.29. The van der Waals surface area contributed by atoms with Gasteiger partial charge in [-0.1, -0.05) is 6.92 Å². The molecule has 0 aromatic heterocycles. The van der Waals surface area contributed by atoms with Gasteiger partial charge in [-0.2, -0.15) is 0 Å². The largest absolute Gasteiger partial charge is 0.496 e. The molecule has 2 N–H and O–H groups in total. The number of hydrogen-bond donors (Lipinski definition) is 2. The molecule has 1 aromatic carbocycles. The summed E-state index contributed by atoms with van der Waals surface area (Å²) in [5, 5.41) is 12.5. The number of rotatable bonds is 3. The Hall–Kier alpha value is -1.55. The molecule has 0 bridgehead atoms. The second-order valence-corrected chi connectivity index (χ2v) is 4.32. The average Bonchev–Trinajstić information content (AvgIpc) is 2.36. The van der Waals surface area contributed by atoms with E-state index >= 15 is 0 Å². The van der Waals surface area contributed by atoms with E-state index < -0.39 is 5.97 Å². The van der Waals surface area contributed by atoms with Gasteiger partial charge in [0.15, 0.2) is 0 Å². The van der Waals surface area contributed by atoms with Gasteiger partial charge in [0, 0.05) is 12.6 Å². The Morgan fingerprint density at radius 2 is 2.29 bits per heavy atom. The Morgan fingerprint density at radius 1 is 1.53 bits per heavy atom. The highest BCUT2D eigenvalue weighted by Gasteiger charge is 2.21. The van der Waals surface area contributed by atoms with Crippen molar-refractivity contribution < 1.29 is 14.6 Å².